The van der Waals surface area contributed by atoms with E-state index in [0.717, 1.165) is 24.2 Å². The lowest BCUT2D eigenvalue weighted by atomic mass is 10.2. The van der Waals surface area contributed by atoms with Gasteiger partial charge in [-0.1, -0.05) is 6.92 Å². The first-order valence-electron chi connectivity index (χ1n) is 6.36. The molecule has 0 radical (unpaired) electrons. The average molecular weight is 270 g/mol. The Morgan fingerprint density at radius 3 is 2.95 bits per heavy atom. The summed E-state index contributed by atoms with van der Waals surface area (Å²) in [6.07, 6.45) is 6.14. The first kappa shape index (κ1) is 12.3. The second-order valence-corrected chi connectivity index (χ2v) is 4.48. The highest BCUT2D eigenvalue weighted by molar-refractivity contribution is 5.99. The van der Waals surface area contributed by atoms with Gasteiger partial charge in [-0.05, 0) is 18.6 Å². The second-order valence-electron chi connectivity index (χ2n) is 4.48. The molecule has 0 unspecified atom stereocenters. The van der Waals surface area contributed by atoms with Gasteiger partial charge in [-0.2, -0.15) is 10.2 Å². The molecule has 2 N–H and O–H groups in total. The van der Waals surface area contributed by atoms with Crippen LogP contribution in [0.15, 0.2) is 30.9 Å². The molecule has 0 saturated carbocycles. The van der Waals surface area contributed by atoms with E-state index in [1.54, 1.807) is 22.8 Å². The van der Waals surface area contributed by atoms with Crippen molar-refractivity contribution in [3.8, 4) is 11.3 Å². The van der Waals surface area contributed by atoms with Crippen molar-refractivity contribution in [2.24, 2.45) is 5.73 Å². The quantitative estimate of drug-likeness (QED) is 0.768. The third-order valence-electron chi connectivity index (χ3n) is 3.07. The van der Waals surface area contributed by atoms with E-state index < -0.39 is 5.91 Å². The highest BCUT2D eigenvalue weighted by Gasteiger charge is 2.14. The Bertz CT molecular complexity index is 772. The Kier molecular flexibility index (Phi) is 2.94. The highest BCUT2D eigenvalue weighted by atomic mass is 16.1. The number of primary amides is 1. The molecule has 0 aliphatic heterocycles. The van der Waals surface area contributed by atoms with Crippen molar-refractivity contribution in [1.29, 1.82) is 0 Å². The van der Waals surface area contributed by atoms with Gasteiger partial charge in [0.1, 0.15) is 6.33 Å². The number of aromatic nitrogens is 5. The predicted octanol–water partition coefficient (Wildman–Crippen LogP) is 1.10. The van der Waals surface area contributed by atoms with E-state index in [4.69, 9.17) is 5.73 Å². The molecule has 0 fully saturated rings. The van der Waals surface area contributed by atoms with Gasteiger partial charge < -0.3 is 5.73 Å². The number of hydrogen-bond donors (Lipinski definition) is 1. The van der Waals surface area contributed by atoms with Gasteiger partial charge in [0.2, 0.25) is 0 Å². The van der Waals surface area contributed by atoms with E-state index >= 15 is 0 Å². The van der Waals surface area contributed by atoms with E-state index in [2.05, 4.69) is 22.1 Å². The molecule has 7 heteroatoms. The van der Waals surface area contributed by atoms with Crippen LogP contribution in [0.2, 0.25) is 0 Å². The molecule has 3 rings (SSSR count). The number of fused-ring (bicyclic) bond motifs is 1. The van der Waals surface area contributed by atoms with Crippen molar-refractivity contribution in [1.82, 2.24) is 24.4 Å². The van der Waals surface area contributed by atoms with Gasteiger partial charge in [-0.15, -0.1) is 0 Å². The minimum absolute atomic E-state index is 0.354. The molecule has 0 atom stereocenters. The number of rotatable bonds is 4. The number of hydrogen-bond acceptors (Lipinski definition) is 4. The van der Waals surface area contributed by atoms with Crippen LogP contribution in [0.25, 0.3) is 16.9 Å². The molecular formula is C13H14N6O. The van der Waals surface area contributed by atoms with Crippen molar-refractivity contribution in [3.63, 3.8) is 0 Å². The van der Waals surface area contributed by atoms with Crippen molar-refractivity contribution in [2.45, 2.75) is 19.9 Å². The molecule has 0 aliphatic rings. The van der Waals surface area contributed by atoms with Crippen LogP contribution >= 0.6 is 0 Å². The molecule has 20 heavy (non-hydrogen) atoms. The van der Waals surface area contributed by atoms with Crippen molar-refractivity contribution in [3.05, 3.63) is 36.4 Å². The van der Waals surface area contributed by atoms with Crippen LogP contribution in [0, 0.1) is 0 Å². The van der Waals surface area contributed by atoms with Crippen molar-refractivity contribution < 1.29 is 4.79 Å². The van der Waals surface area contributed by atoms with Gasteiger partial charge in [-0.25, -0.2) is 9.50 Å². The predicted molar refractivity (Wildman–Crippen MR) is 73.0 cm³/mol. The minimum Gasteiger partial charge on any atom is -0.365 e. The maximum absolute atomic E-state index is 11.4. The first-order chi connectivity index (χ1) is 9.70. The van der Waals surface area contributed by atoms with Gasteiger partial charge in [0.15, 0.2) is 5.65 Å². The molecule has 102 valence electrons. The van der Waals surface area contributed by atoms with Crippen molar-refractivity contribution in [2.75, 3.05) is 0 Å². The molecule has 3 aromatic heterocycles. The Morgan fingerprint density at radius 1 is 1.35 bits per heavy atom. The van der Waals surface area contributed by atoms with Crippen LogP contribution in [-0.4, -0.2) is 30.3 Å². The summed E-state index contributed by atoms with van der Waals surface area (Å²) in [6, 6.07) is 3.47. The fraction of sp³-hybridized carbons (Fsp3) is 0.231. The summed E-state index contributed by atoms with van der Waals surface area (Å²) in [6.45, 7) is 2.96. The van der Waals surface area contributed by atoms with E-state index in [0.29, 0.717) is 11.2 Å². The summed E-state index contributed by atoms with van der Waals surface area (Å²) in [5.41, 5.74) is 7.89. The Hall–Kier alpha value is -2.70. The molecular weight excluding hydrogens is 256 g/mol. The monoisotopic (exact) mass is 270 g/mol. The average Bonchev–Trinajstić information content (AvgIpc) is 3.06. The first-order valence-corrected chi connectivity index (χ1v) is 6.36. The molecule has 0 spiro atoms. The summed E-state index contributed by atoms with van der Waals surface area (Å²) in [7, 11) is 0. The fourth-order valence-corrected chi connectivity index (χ4v) is 2.17. The van der Waals surface area contributed by atoms with Crippen LogP contribution in [0.5, 0.6) is 0 Å². The normalized spacial score (nSPS) is 11.1. The maximum Gasteiger partial charge on any atom is 0.252 e. The maximum atomic E-state index is 11.4. The number of aryl methyl sites for hydroxylation is 1. The topological polar surface area (TPSA) is 91.1 Å². The van der Waals surface area contributed by atoms with Crippen molar-refractivity contribution >= 4 is 11.6 Å². The van der Waals surface area contributed by atoms with Gasteiger partial charge in [-0.3, -0.25) is 9.48 Å². The van der Waals surface area contributed by atoms with Crippen LogP contribution in [-0.2, 0) is 6.54 Å². The lowest BCUT2D eigenvalue weighted by molar-refractivity contribution is 0.100. The number of nitrogens with zero attached hydrogens (tertiary/aromatic N) is 5. The van der Waals surface area contributed by atoms with E-state index in [-0.39, 0.29) is 0 Å². The highest BCUT2D eigenvalue weighted by Crippen LogP contribution is 2.21. The van der Waals surface area contributed by atoms with Crippen LogP contribution in [0.1, 0.15) is 23.7 Å². The number of carbonyl (C=O) groups is 1. The largest absolute Gasteiger partial charge is 0.365 e. The molecule has 0 aromatic carbocycles. The van der Waals surface area contributed by atoms with E-state index in [1.165, 1.54) is 6.33 Å². The SMILES string of the molecule is CCCn1cc(-c2ccc(C(N)=O)c3ncnn23)cn1. The smallest absolute Gasteiger partial charge is 0.252 e. The number of carbonyl (C=O) groups excluding carboxylic acids is 1. The third kappa shape index (κ3) is 1.93. The molecule has 0 bridgehead atoms. The molecule has 3 heterocycles. The minimum atomic E-state index is -0.517. The van der Waals surface area contributed by atoms with Crippen LogP contribution < -0.4 is 5.73 Å². The van der Waals surface area contributed by atoms with Gasteiger partial charge >= 0.3 is 0 Å². The molecule has 0 saturated heterocycles. The van der Waals surface area contributed by atoms with Gasteiger partial charge in [0.25, 0.3) is 5.91 Å². The summed E-state index contributed by atoms with van der Waals surface area (Å²) in [5.74, 6) is -0.517. The summed E-state index contributed by atoms with van der Waals surface area (Å²) < 4.78 is 3.48. The molecule has 7 nitrogen and oxygen atoms in total. The lowest BCUT2D eigenvalue weighted by Gasteiger charge is -2.04. The van der Waals surface area contributed by atoms with Crippen LogP contribution in [0.3, 0.4) is 0 Å². The summed E-state index contributed by atoms with van der Waals surface area (Å²) in [4.78, 5) is 15.5. The Labute approximate surface area is 115 Å². The zero-order valence-electron chi connectivity index (χ0n) is 11.0. The number of nitrogens with two attached hydrogens (primary N) is 1. The number of amides is 1. The van der Waals surface area contributed by atoms with Gasteiger partial charge in [0.05, 0.1) is 17.5 Å². The molecule has 0 aliphatic carbocycles. The Balaban J connectivity index is 2.14. The van der Waals surface area contributed by atoms with E-state index in [9.17, 15) is 4.79 Å². The summed E-state index contributed by atoms with van der Waals surface area (Å²) >= 11 is 0. The molecule has 1 amide bonds. The standard InChI is InChI=1S/C13H14N6O/c1-2-5-18-7-9(6-16-18)11-4-3-10(12(14)20)13-15-8-17-19(11)13/h3-4,6-8H,2,5H2,1H3,(H2,14,20). The Morgan fingerprint density at radius 2 is 2.20 bits per heavy atom. The van der Waals surface area contributed by atoms with Gasteiger partial charge in [0, 0.05) is 18.3 Å². The second kappa shape index (κ2) is 4.76. The zero-order chi connectivity index (χ0) is 14.1. The summed E-state index contributed by atoms with van der Waals surface area (Å²) in [5, 5.41) is 8.45. The molecule has 3 aromatic rings. The number of pyridine rings is 1. The third-order valence-corrected chi connectivity index (χ3v) is 3.07. The fourth-order valence-electron chi connectivity index (χ4n) is 2.17. The zero-order valence-corrected chi connectivity index (χ0v) is 11.0. The van der Waals surface area contributed by atoms with Crippen LogP contribution in [0.4, 0.5) is 0 Å². The lowest BCUT2D eigenvalue weighted by Crippen LogP contribution is -2.13. The van der Waals surface area contributed by atoms with E-state index in [1.807, 2.05) is 10.9 Å².